The number of hydrogen-bond acceptors (Lipinski definition) is 3. The molecule has 0 heterocycles. The number of carbonyl (C=O) groups is 1. The quantitative estimate of drug-likeness (QED) is 0.844. The van der Waals surface area contributed by atoms with Crippen molar-refractivity contribution in [3.63, 3.8) is 0 Å². The van der Waals surface area contributed by atoms with Gasteiger partial charge in [-0.25, -0.2) is 0 Å². The first-order valence-electron chi connectivity index (χ1n) is 6.39. The summed E-state index contributed by atoms with van der Waals surface area (Å²) in [5, 5.41) is 6.44. The van der Waals surface area contributed by atoms with Crippen LogP contribution in [0.15, 0.2) is 18.2 Å². The van der Waals surface area contributed by atoms with Crippen LogP contribution in [-0.4, -0.2) is 24.6 Å². The van der Waals surface area contributed by atoms with Gasteiger partial charge in [-0.1, -0.05) is 18.5 Å². The second kappa shape index (κ2) is 6.78. The highest BCUT2D eigenvalue weighted by atomic mass is 35.5. The Hall–Kier alpha value is -1.26. The zero-order valence-corrected chi connectivity index (χ0v) is 12.6. The summed E-state index contributed by atoms with van der Waals surface area (Å²) in [4.78, 5) is 12.1. The van der Waals surface area contributed by atoms with E-state index in [2.05, 4.69) is 10.6 Å². The fraction of sp³-hybridized carbons (Fsp3) is 0.500. The van der Waals surface area contributed by atoms with Crippen LogP contribution in [-0.2, 0) is 4.79 Å². The molecule has 4 nitrogen and oxygen atoms in total. The lowest BCUT2D eigenvalue weighted by atomic mass is 10.0. The lowest BCUT2D eigenvalue weighted by Gasteiger charge is -2.24. The van der Waals surface area contributed by atoms with Crippen LogP contribution in [0.3, 0.4) is 0 Å². The zero-order chi connectivity index (χ0) is 14.5. The summed E-state index contributed by atoms with van der Waals surface area (Å²) in [5.74, 6) is 0.516. The number of ether oxygens (including phenoxy) is 1. The second-order valence-electron chi connectivity index (χ2n) is 4.69. The summed E-state index contributed by atoms with van der Waals surface area (Å²) in [7, 11) is 0. The number of hydrogen-bond donors (Lipinski definition) is 2. The predicted molar refractivity (Wildman–Crippen MR) is 79.0 cm³/mol. The van der Waals surface area contributed by atoms with Gasteiger partial charge in [-0.15, -0.1) is 0 Å². The highest BCUT2D eigenvalue weighted by Crippen LogP contribution is 2.27. The molecule has 0 fully saturated rings. The molecule has 1 amide bonds. The Balaban J connectivity index is 2.78. The van der Waals surface area contributed by atoms with Gasteiger partial charge in [0.05, 0.1) is 17.2 Å². The maximum Gasteiger partial charge on any atom is 0.244 e. The summed E-state index contributed by atoms with van der Waals surface area (Å²) < 4.78 is 5.35. The van der Waals surface area contributed by atoms with Crippen molar-refractivity contribution in [2.45, 2.75) is 33.2 Å². The van der Waals surface area contributed by atoms with Gasteiger partial charge in [-0.3, -0.25) is 4.79 Å². The molecule has 0 aliphatic carbocycles. The Morgan fingerprint density at radius 2 is 2.05 bits per heavy atom. The number of nitrogens with one attached hydrogen (secondary N) is 2. The van der Waals surface area contributed by atoms with Crippen LogP contribution in [0.25, 0.3) is 0 Å². The van der Waals surface area contributed by atoms with E-state index in [4.69, 9.17) is 16.3 Å². The molecule has 0 saturated heterocycles. The molecule has 5 heteroatoms. The van der Waals surface area contributed by atoms with Gasteiger partial charge in [0.2, 0.25) is 5.91 Å². The van der Waals surface area contributed by atoms with Gasteiger partial charge in [0.15, 0.2) is 0 Å². The van der Waals surface area contributed by atoms with E-state index >= 15 is 0 Å². The average molecular weight is 285 g/mol. The predicted octanol–water partition coefficient (Wildman–Crippen LogP) is 3.07. The van der Waals surface area contributed by atoms with Crippen LogP contribution in [0.2, 0.25) is 5.02 Å². The molecule has 0 unspecified atom stereocenters. The van der Waals surface area contributed by atoms with Crippen LogP contribution >= 0.6 is 11.6 Å². The first-order chi connectivity index (χ1) is 8.90. The molecule has 19 heavy (non-hydrogen) atoms. The molecule has 2 N–H and O–H groups in total. The molecule has 106 valence electrons. The van der Waals surface area contributed by atoms with E-state index in [0.717, 1.165) is 6.54 Å². The Bertz CT molecular complexity index is 447. The molecule has 1 rings (SSSR count). The standard InChI is InChI=1S/C14H21ClN2O2/c1-5-16-14(3,4)13(18)17-10-7-8-12(19-6-2)11(15)9-10/h7-9,16H,5-6H2,1-4H3,(H,17,18). The van der Waals surface area contributed by atoms with Crippen LogP contribution in [0.1, 0.15) is 27.7 Å². The van der Waals surface area contributed by atoms with Crippen molar-refractivity contribution >= 4 is 23.2 Å². The highest BCUT2D eigenvalue weighted by Gasteiger charge is 2.26. The van der Waals surface area contributed by atoms with Crippen molar-refractivity contribution < 1.29 is 9.53 Å². The Kier molecular flexibility index (Phi) is 5.63. The first kappa shape index (κ1) is 15.8. The molecular formula is C14H21ClN2O2. The van der Waals surface area contributed by atoms with E-state index in [9.17, 15) is 4.79 Å². The van der Waals surface area contributed by atoms with Crippen molar-refractivity contribution in [3.05, 3.63) is 23.2 Å². The van der Waals surface area contributed by atoms with Crippen LogP contribution < -0.4 is 15.4 Å². The maximum atomic E-state index is 12.1. The molecule has 0 aromatic heterocycles. The van der Waals surface area contributed by atoms with E-state index in [1.807, 2.05) is 27.7 Å². The van der Waals surface area contributed by atoms with Crippen molar-refractivity contribution in [1.82, 2.24) is 5.32 Å². The second-order valence-corrected chi connectivity index (χ2v) is 5.09. The van der Waals surface area contributed by atoms with Gasteiger partial charge in [-0.2, -0.15) is 0 Å². The number of carbonyl (C=O) groups excluding carboxylic acids is 1. The molecule has 0 saturated carbocycles. The fourth-order valence-corrected chi connectivity index (χ4v) is 1.90. The third-order valence-electron chi connectivity index (χ3n) is 2.68. The summed E-state index contributed by atoms with van der Waals surface area (Å²) in [5.41, 5.74) is 0.0317. The number of benzene rings is 1. The molecule has 0 spiro atoms. The molecule has 1 aromatic rings. The average Bonchev–Trinajstić information content (AvgIpc) is 2.32. The Morgan fingerprint density at radius 1 is 1.37 bits per heavy atom. The van der Waals surface area contributed by atoms with Crippen molar-refractivity contribution in [2.24, 2.45) is 0 Å². The van der Waals surface area contributed by atoms with Crippen molar-refractivity contribution in [2.75, 3.05) is 18.5 Å². The van der Waals surface area contributed by atoms with Gasteiger partial charge < -0.3 is 15.4 Å². The molecule has 0 radical (unpaired) electrons. The molecule has 0 aliphatic heterocycles. The van der Waals surface area contributed by atoms with E-state index in [0.29, 0.717) is 23.1 Å². The van der Waals surface area contributed by atoms with E-state index in [-0.39, 0.29) is 5.91 Å². The SMILES string of the molecule is CCNC(C)(C)C(=O)Nc1ccc(OCC)c(Cl)c1. The Labute approximate surface area is 119 Å². The molecule has 0 aliphatic rings. The molecule has 0 atom stereocenters. The number of rotatable bonds is 6. The van der Waals surface area contributed by atoms with Gasteiger partial charge in [0, 0.05) is 5.69 Å². The summed E-state index contributed by atoms with van der Waals surface area (Å²) >= 11 is 6.08. The molecule has 0 bridgehead atoms. The summed E-state index contributed by atoms with van der Waals surface area (Å²) in [6.07, 6.45) is 0. The van der Waals surface area contributed by atoms with E-state index in [1.54, 1.807) is 18.2 Å². The van der Waals surface area contributed by atoms with Gasteiger partial charge in [-0.05, 0) is 45.5 Å². The van der Waals surface area contributed by atoms with Gasteiger partial charge in [0.25, 0.3) is 0 Å². The smallest absolute Gasteiger partial charge is 0.244 e. The van der Waals surface area contributed by atoms with Crippen LogP contribution in [0, 0.1) is 0 Å². The third-order valence-corrected chi connectivity index (χ3v) is 2.97. The first-order valence-corrected chi connectivity index (χ1v) is 6.77. The zero-order valence-electron chi connectivity index (χ0n) is 11.8. The van der Waals surface area contributed by atoms with E-state index < -0.39 is 5.54 Å². The van der Waals surface area contributed by atoms with Crippen LogP contribution in [0.4, 0.5) is 5.69 Å². The van der Waals surface area contributed by atoms with E-state index in [1.165, 1.54) is 0 Å². The Morgan fingerprint density at radius 3 is 2.58 bits per heavy atom. The van der Waals surface area contributed by atoms with Gasteiger partial charge in [0.1, 0.15) is 5.75 Å². The van der Waals surface area contributed by atoms with Gasteiger partial charge >= 0.3 is 0 Å². The fourth-order valence-electron chi connectivity index (χ4n) is 1.66. The normalized spacial score (nSPS) is 11.2. The third kappa shape index (κ3) is 4.40. The summed E-state index contributed by atoms with van der Waals surface area (Å²) in [6, 6.07) is 5.21. The number of anilines is 1. The molecular weight excluding hydrogens is 264 g/mol. The lowest BCUT2D eigenvalue weighted by Crippen LogP contribution is -2.49. The number of likely N-dealkylation sites (N-methyl/N-ethyl adjacent to an activating group) is 1. The van der Waals surface area contributed by atoms with Crippen LogP contribution in [0.5, 0.6) is 5.75 Å². The number of amides is 1. The highest BCUT2D eigenvalue weighted by molar-refractivity contribution is 6.32. The lowest BCUT2D eigenvalue weighted by molar-refractivity contribution is -0.121. The number of halogens is 1. The summed E-state index contributed by atoms with van der Waals surface area (Å²) in [6.45, 7) is 8.81. The maximum absolute atomic E-state index is 12.1. The minimum Gasteiger partial charge on any atom is -0.492 e. The molecule has 1 aromatic carbocycles. The monoisotopic (exact) mass is 284 g/mol. The minimum atomic E-state index is -0.625. The van der Waals surface area contributed by atoms with Crippen molar-refractivity contribution in [3.8, 4) is 5.75 Å². The topological polar surface area (TPSA) is 50.4 Å². The minimum absolute atomic E-state index is 0.102. The van der Waals surface area contributed by atoms with Crippen molar-refractivity contribution in [1.29, 1.82) is 0 Å². The largest absolute Gasteiger partial charge is 0.492 e.